The van der Waals surface area contributed by atoms with E-state index in [-0.39, 0.29) is 20.7 Å². The third kappa shape index (κ3) is 4.01. The van der Waals surface area contributed by atoms with Gasteiger partial charge < -0.3 is 4.74 Å². The van der Waals surface area contributed by atoms with Crippen molar-refractivity contribution in [1.82, 2.24) is 5.32 Å². The second-order valence-electron chi connectivity index (χ2n) is 5.68. The highest BCUT2D eigenvalue weighted by molar-refractivity contribution is 7.80. The van der Waals surface area contributed by atoms with Crippen LogP contribution in [0.15, 0.2) is 42.0 Å². The Hall–Kier alpha value is -2.48. The van der Waals surface area contributed by atoms with Crippen molar-refractivity contribution in [2.45, 2.75) is 6.92 Å². The Morgan fingerprint density at radius 1 is 1.18 bits per heavy atom. The van der Waals surface area contributed by atoms with Crippen LogP contribution in [0.4, 0.5) is 10.1 Å². The molecule has 9 heteroatoms. The molecule has 1 heterocycles. The first-order valence-electron chi connectivity index (χ1n) is 8.10. The Bertz CT molecular complexity index is 986. The molecule has 144 valence electrons. The molecule has 1 aliphatic heterocycles. The van der Waals surface area contributed by atoms with E-state index in [1.54, 1.807) is 6.92 Å². The van der Waals surface area contributed by atoms with Gasteiger partial charge in [-0.2, -0.15) is 0 Å². The summed E-state index contributed by atoms with van der Waals surface area (Å²) >= 11 is 17.4. The molecule has 28 heavy (non-hydrogen) atoms. The van der Waals surface area contributed by atoms with E-state index in [1.807, 2.05) is 0 Å². The first-order valence-corrected chi connectivity index (χ1v) is 9.27. The molecule has 3 rings (SSSR count). The van der Waals surface area contributed by atoms with E-state index in [0.717, 1.165) is 4.90 Å². The van der Waals surface area contributed by atoms with Crippen molar-refractivity contribution in [3.05, 3.63) is 63.4 Å². The van der Waals surface area contributed by atoms with Crippen LogP contribution in [0, 0.1) is 5.82 Å². The number of nitrogens with zero attached hydrogens (tertiary/aromatic N) is 1. The van der Waals surface area contributed by atoms with Gasteiger partial charge >= 0.3 is 0 Å². The van der Waals surface area contributed by atoms with E-state index in [4.69, 9.17) is 40.2 Å². The Morgan fingerprint density at radius 2 is 1.79 bits per heavy atom. The first-order chi connectivity index (χ1) is 13.3. The van der Waals surface area contributed by atoms with Gasteiger partial charge in [-0.15, -0.1) is 0 Å². The molecular weight excluding hydrogens is 426 g/mol. The lowest BCUT2D eigenvalue weighted by molar-refractivity contribution is -0.122. The van der Waals surface area contributed by atoms with Crippen molar-refractivity contribution in [1.29, 1.82) is 0 Å². The number of carbonyl (C=O) groups excluding carboxylic acids is 2. The van der Waals surface area contributed by atoms with Gasteiger partial charge in [0.1, 0.15) is 11.4 Å². The average Bonchev–Trinajstić information content (AvgIpc) is 2.63. The summed E-state index contributed by atoms with van der Waals surface area (Å²) in [7, 11) is 0. The summed E-state index contributed by atoms with van der Waals surface area (Å²) in [4.78, 5) is 26.3. The zero-order valence-electron chi connectivity index (χ0n) is 14.5. The second kappa shape index (κ2) is 8.26. The lowest BCUT2D eigenvalue weighted by Gasteiger charge is -2.28. The van der Waals surface area contributed by atoms with Crippen molar-refractivity contribution < 1.29 is 18.7 Å². The molecule has 2 aromatic carbocycles. The summed E-state index contributed by atoms with van der Waals surface area (Å²) in [5.41, 5.74) is 0.586. The minimum absolute atomic E-state index is 0.0958. The largest absolute Gasteiger partial charge is 0.491 e. The monoisotopic (exact) mass is 438 g/mol. The second-order valence-corrected chi connectivity index (χ2v) is 6.88. The van der Waals surface area contributed by atoms with Gasteiger partial charge in [-0.1, -0.05) is 23.2 Å². The van der Waals surface area contributed by atoms with Crippen LogP contribution in [0.3, 0.4) is 0 Å². The predicted octanol–water partition coefficient (Wildman–Crippen LogP) is 4.36. The smallest absolute Gasteiger partial charge is 0.270 e. The number of halogens is 3. The molecule has 0 radical (unpaired) electrons. The number of carbonyl (C=O) groups is 2. The molecule has 2 amide bonds. The zero-order chi connectivity index (χ0) is 20.4. The molecule has 0 bridgehead atoms. The van der Waals surface area contributed by atoms with Crippen molar-refractivity contribution in [3.8, 4) is 5.75 Å². The maximum atomic E-state index is 13.2. The summed E-state index contributed by atoms with van der Waals surface area (Å²) in [6, 6.07) is 8.22. The van der Waals surface area contributed by atoms with Gasteiger partial charge in [0.05, 0.1) is 22.3 Å². The number of thiocarbonyl (C=S) groups is 1. The fraction of sp³-hybridized carbons (Fsp3) is 0.105. The van der Waals surface area contributed by atoms with Crippen LogP contribution in [0.25, 0.3) is 6.08 Å². The normalized spacial score (nSPS) is 15.8. The molecule has 0 spiro atoms. The Morgan fingerprint density at radius 3 is 2.36 bits per heavy atom. The van der Waals surface area contributed by atoms with Crippen LogP contribution in [-0.4, -0.2) is 23.5 Å². The number of hydrogen-bond donors (Lipinski definition) is 1. The van der Waals surface area contributed by atoms with Crippen LogP contribution < -0.4 is 15.0 Å². The Kier molecular flexibility index (Phi) is 5.98. The maximum Gasteiger partial charge on any atom is 0.270 e. The van der Waals surface area contributed by atoms with E-state index in [9.17, 15) is 14.0 Å². The number of ether oxygens (including phenoxy) is 1. The van der Waals surface area contributed by atoms with Gasteiger partial charge in [-0.3, -0.25) is 19.8 Å². The highest BCUT2D eigenvalue weighted by Gasteiger charge is 2.34. The van der Waals surface area contributed by atoms with E-state index in [1.165, 1.54) is 42.5 Å². The summed E-state index contributed by atoms with van der Waals surface area (Å²) in [6.45, 7) is 2.17. The summed E-state index contributed by atoms with van der Waals surface area (Å²) < 4.78 is 18.6. The summed E-state index contributed by atoms with van der Waals surface area (Å²) in [6.07, 6.45) is 1.35. The topological polar surface area (TPSA) is 58.6 Å². The van der Waals surface area contributed by atoms with Crippen molar-refractivity contribution in [2.24, 2.45) is 0 Å². The molecule has 0 unspecified atom stereocenters. The number of anilines is 1. The van der Waals surface area contributed by atoms with Crippen LogP contribution in [-0.2, 0) is 9.59 Å². The quantitative estimate of drug-likeness (QED) is 0.437. The van der Waals surface area contributed by atoms with Crippen molar-refractivity contribution in [2.75, 3.05) is 11.5 Å². The first kappa shape index (κ1) is 20.3. The van der Waals surface area contributed by atoms with Gasteiger partial charge in [-0.05, 0) is 67.2 Å². The van der Waals surface area contributed by atoms with E-state index in [2.05, 4.69) is 5.32 Å². The van der Waals surface area contributed by atoms with Gasteiger partial charge in [0.25, 0.3) is 11.8 Å². The molecule has 5 nitrogen and oxygen atoms in total. The number of amides is 2. The van der Waals surface area contributed by atoms with E-state index >= 15 is 0 Å². The highest BCUT2D eigenvalue weighted by Crippen LogP contribution is 2.35. The number of nitrogens with one attached hydrogen (secondary N) is 1. The van der Waals surface area contributed by atoms with E-state index in [0.29, 0.717) is 23.6 Å². The van der Waals surface area contributed by atoms with Crippen LogP contribution in [0.1, 0.15) is 12.5 Å². The molecule has 0 atom stereocenters. The summed E-state index contributed by atoms with van der Waals surface area (Å²) in [5.74, 6) is -1.45. The van der Waals surface area contributed by atoms with Crippen molar-refractivity contribution in [3.63, 3.8) is 0 Å². The van der Waals surface area contributed by atoms with Crippen LogP contribution in [0.5, 0.6) is 5.75 Å². The highest BCUT2D eigenvalue weighted by atomic mass is 35.5. The third-order valence-electron chi connectivity index (χ3n) is 3.81. The molecule has 0 aliphatic carbocycles. The van der Waals surface area contributed by atoms with Gasteiger partial charge in [0.15, 0.2) is 10.9 Å². The lowest BCUT2D eigenvalue weighted by Crippen LogP contribution is -2.54. The van der Waals surface area contributed by atoms with Gasteiger partial charge in [0, 0.05) is 0 Å². The SMILES string of the molecule is CCOc1c(Cl)cc(C=C2C(=O)NC(=S)N(c3ccc(F)cc3)C2=O)cc1Cl. The van der Waals surface area contributed by atoms with Crippen LogP contribution in [0.2, 0.25) is 10.0 Å². The fourth-order valence-electron chi connectivity index (χ4n) is 2.59. The zero-order valence-corrected chi connectivity index (χ0v) is 16.8. The van der Waals surface area contributed by atoms with Crippen LogP contribution >= 0.6 is 35.4 Å². The minimum Gasteiger partial charge on any atom is -0.491 e. The number of benzene rings is 2. The molecular formula is C19H13Cl2FN2O3S. The third-order valence-corrected chi connectivity index (χ3v) is 4.65. The standard InChI is InChI=1S/C19H13Cl2FN2O3S/c1-2-27-16-14(20)8-10(9-15(16)21)7-13-17(25)23-19(28)24(18(13)26)12-5-3-11(22)4-6-12/h3-9H,2H2,1H3,(H,23,25,28). The predicted molar refractivity (Wildman–Crippen MR) is 110 cm³/mol. The molecule has 0 saturated carbocycles. The Balaban J connectivity index is 2.00. The Labute approximate surface area is 175 Å². The fourth-order valence-corrected chi connectivity index (χ4v) is 3.49. The number of hydrogen-bond acceptors (Lipinski definition) is 4. The average molecular weight is 439 g/mol. The minimum atomic E-state index is -0.658. The molecule has 1 saturated heterocycles. The van der Waals surface area contributed by atoms with Gasteiger partial charge in [-0.25, -0.2) is 4.39 Å². The molecule has 0 aromatic heterocycles. The lowest BCUT2D eigenvalue weighted by atomic mass is 10.1. The molecule has 2 aromatic rings. The molecule has 1 fully saturated rings. The van der Waals surface area contributed by atoms with Gasteiger partial charge in [0.2, 0.25) is 0 Å². The van der Waals surface area contributed by atoms with Crippen molar-refractivity contribution >= 4 is 64.1 Å². The summed E-state index contributed by atoms with van der Waals surface area (Å²) in [5, 5.41) is 2.85. The maximum absolute atomic E-state index is 13.2. The molecule has 1 N–H and O–H groups in total. The number of rotatable bonds is 4. The van der Waals surface area contributed by atoms with E-state index < -0.39 is 17.6 Å². The molecule has 1 aliphatic rings.